The minimum absolute atomic E-state index is 0.220. The van der Waals surface area contributed by atoms with Crippen LogP contribution < -0.4 is 16.4 Å². The van der Waals surface area contributed by atoms with Crippen LogP contribution in [0.1, 0.15) is 39.5 Å². The normalized spacial score (nSPS) is 13.4. The van der Waals surface area contributed by atoms with Gasteiger partial charge in [-0.1, -0.05) is 6.42 Å². The van der Waals surface area contributed by atoms with Gasteiger partial charge >= 0.3 is 5.97 Å². The van der Waals surface area contributed by atoms with Crippen molar-refractivity contribution >= 4 is 17.8 Å². The Morgan fingerprint density at radius 1 is 1.05 bits per heavy atom. The van der Waals surface area contributed by atoms with E-state index in [1.807, 2.05) is 0 Å². The average molecular weight is 273 g/mol. The molecule has 2 unspecified atom stereocenters. The van der Waals surface area contributed by atoms with Gasteiger partial charge in [0.25, 0.3) is 0 Å². The molecule has 0 aliphatic heterocycles. The zero-order valence-corrected chi connectivity index (χ0v) is 11.4. The van der Waals surface area contributed by atoms with Crippen molar-refractivity contribution in [3.63, 3.8) is 0 Å². The van der Waals surface area contributed by atoms with Gasteiger partial charge in [-0.25, -0.2) is 0 Å². The average Bonchev–Trinajstić information content (AvgIpc) is 2.34. The highest BCUT2D eigenvalue weighted by atomic mass is 16.4. The van der Waals surface area contributed by atoms with Crippen molar-refractivity contribution < 1.29 is 19.5 Å². The molecule has 2 atom stereocenters. The van der Waals surface area contributed by atoms with Gasteiger partial charge in [0.15, 0.2) is 0 Å². The molecule has 2 amide bonds. The predicted molar refractivity (Wildman–Crippen MR) is 70.4 cm³/mol. The molecule has 0 radical (unpaired) electrons. The highest BCUT2D eigenvalue weighted by molar-refractivity contribution is 5.89. The topological polar surface area (TPSA) is 122 Å². The van der Waals surface area contributed by atoms with Crippen LogP contribution in [0.15, 0.2) is 0 Å². The number of hydrogen-bond acceptors (Lipinski definition) is 4. The summed E-state index contributed by atoms with van der Waals surface area (Å²) in [6.45, 7) is 3.48. The van der Waals surface area contributed by atoms with Gasteiger partial charge in [0.05, 0.1) is 0 Å². The number of amides is 2. The van der Waals surface area contributed by atoms with Crippen LogP contribution in [0.5, 0.6) is 0 Å². The highest BCUT2D eigenvalue weighted by Gasteiger charge is 2.19. The zero-order chi connectivity index (χ0) is 14.8. The van der Waals surface area contributed by atoms with E-state index in [2.05, 4.69) is 10.6 Å². The zero-order valence-electron chi connectivity index (χ0n) is 11.4. The smallest absolute Gasteiger partial charge is 0.325 e. The molecule has 0 bridgehead atoms. The molecule has 110 valence electrons. The van der Waals surface area contributed by atoms with Gasteiger partial charge in [0, 0.05) is 6.42 Å². The maximum absolute atomic E-state index is 11.6. The first-order chi connectivity index (χ1) is 8.88. The SMILES string of the molecule is CC(NC(=O)C(C)NC(=O)CCCCCN)C(=O)O. The summed E-state index contributed by atoms with van der Waals surface area (Å²) in [5, 5.41) is 13.5. The fourth-order valence-electron chi connectivity index (χ4n) is 1.39. The first-order valence-electron chi connectivity index (χ1n) is 6.41. The van der Waals surface area contributed by atoms with E-state index in [-0.39, 0.29) is 5.91 Å². The number of carbonyl (C=O) groups excluding carboxylic acids is 2. The number of rotatable bonds is 9. The number of nitrogens with two attached hydrogens (primary N) is 1. The number of carbonyl (C=O) groups is 3. The summed E-state index contributed by atoms with van der Waals surface area (Å²) in [6.07, 6.45) is 2.81. The Kier molecular flexibility index (Phi) is 8.52. The largest absolute Gasteiger partial charge is 0.480 e. The van der Waals surface area contributed by atoms with E-state index in [4.69, 9.17) is 10.8 Å². The van der Waals surface area contributed by atoms with Crippen LogP contribution in [-0.2, 0) is 14.4 Å². The lowest BCUT2D eigenvalue weighted by Crippen LogP contribution is -2.49. The third-order valence-corrected chi connectivity index (χ3v) is 2.61. The monoisotopic (exact) mass is 273 g/mol. The third kappa shape index (κ3) is 8.15. The van der Waals surface area contributed by atoms with Crippen LogP contribution in [0, 0.1) is 0 Å². The molecular weight excluding hydrogens is 250 g/mol. The van der Waals surface area contributed by atoms with Crippen molar-refractivity contribution in [3.8, 4) is 0 Å². The lowest BCUT2D eigenvalue weighted by Gasteiger charge is -2.16. The fourth-order valence-corrected chi connectivity index (χ4v) is 1.39. The van der Waals surface area contributed by atoms with Gasteiger partial charge in [-0.15, -0.1) is 0 Å². The van der Waals surface area contributed by atoms with Crippen LogP contribution >= 0.6 is 0 Å². The molecule has 0 spiro atoms. The molecule has 5 N–H and O–H groups in total. The summed E-state index contributed by atoms with van der Waals surface area (Å²) < 4.78 is 0. The molecule has 0 saturated heterocycles. The minimum Gasteiger partial charge on any atom is -0.480 e. The second-order valence-corrected chi connectivity index (χ2v) is 4.46. The summed E-state index contributed by atoms with van der Waals surface area (Å²) in [7, 11) is 0. The molecule has 0 saturated carbocycles. The van der Waals surface area contributed by atoms with Gasteiger partial charge in [0.1, 0.15) is 12.1 Å². The van der Waals surface area contributed by atoms with Crippen LogP contribution in [-0.4, -0.2) is 41.5 Å². The molecule has 0 aliphatic rings. The fraction of sp³-hybridized carbons (Fsp3) is 0.750. The highest BCUT2D eigenvalue weighted by Crippen LogP contribution is 1.99. The molecule has 0 heterocycles. The molecule has 0 rings (SSSR count). The standard InChI is InChI=1S/C12H23N3O4/c1-8(11(17)15-9(2)12(18)19)14-10(16)6-4-3-5-7-13/h8-9H,3-7,13H2,1-2H3,(H,14,16)(H,15,17)(H,18,19). The van der Waals surface area contributed by atoms with Crippen LogP contribution in [0.25, 0.3) is 0 Å². The van der Waals surface area contributed by atoms with E-state index in [9.17, 15) is 14.4 Å². The Bertz CT molecular complexity index is 320. The van der Waals surface area contributed by atoms with Crippen LogP contribution in [0.2, 0.25) is 0 Å². The maximum atomic E-state index is 11.6. The number of unbranched alkanes of at least 4 members (excludes halogenated alkanes) is 2. The Morgan fingerprint density at radius 3 is 2.21 bits per heavy atom. The molecule has 7 nitrogen and oxygen atoms in total. The van der Waals surface area contributed by atoms with Gasteiger partial charge in [-0.3, -0.25) is 14.4 Å². The lowest BCUT2D eigenvalue weighted by atomic mass is 10.2. The van der Waals surface area contributed by atoms with Gasteiger partial charge in [-0.2, -0.15) is 0 Å². The molecule has 0 aromatic rings. The van der Waals surface area contributed by atoms with E-state index in [1.54, 1.807) is 0 Å². The van der Waals surface area contributed by atoms with E-state index in [0.717, 1.165) is 19.3 Å². The quantitative estimate of drug-likeness (QED) is 0.426. The number of carboxylic acid groups (broad SMARTS) is 1. The van der Waals surface area contributed by atoms with Gasteiger partial charge < -0.3 is 21.5 Å². The Morgan fingerprint density at radius 2 is 1.68 bits per heavy atom. The Labute approximate surface area is 112 Å². The molecule has 7 heteroatoms. The molecule has 0 aromatic heterocycles. The number of hydrogen-bond donors (Lipinski definition) is 4. The number of nitrogens with one attached hydrogen (secondary N) is 2. The first kappa shape index (κ1) is 17.4. The van der Waals surface area contributed by atoms with E-state index >= 15 is 0 Å². The Hall–Kier alpha value is -1.63. The second kappa shape index (κ2) is 9.32. The minimum atomic E-state index is -1.12. The van der Waals surface area contributed by atoms with Crippen molar-refractivity contribution in [2.75, 3.05) is 6.54 Å². The van der Waals surface area contributed by atoms with Gasteiger partial charge in [-0.05, 0) is 33.2 Å². The van der Waals surface area contributed by atoms with Crippen molar-refractivity contribution in [3.05, 3.63) is 0 Å². The van der Waals surface area contributed by atoms with E-state index in [0.29, 0.717) is 13.0 Å². The van der Waals surface area contributed by atoms with Gasteiger partial charge in [0.2, 0.25) is 11.8 Å². The lowest BCUT2D eigenvalue weighted by molar-refractivity contribution is -0.141. The summed E-state index contributed by atoms with van der Waals surface area (Å²) >= 11 is 0. The van der Waals surface area contributed by atoms with Crippen molar-refractivity contribution in [1.29, 1.82) is 0 Å². The third-order valence-electron chi connectivity index (χ3n) is 2.61. The van der Waals surface area contributed by atoms with Crippen molar-refractivity contribution in [2.45, 2.75) is 51.6 Å². The first-order valence-corrected chi connectivity index (χ1v) is 6.41. The van der Waals surface area contributed by atoms with Crippen molar-refractivity contribution in [1.82, 2.24) is 10.6 Å². The van der Waals surface area contributed by atoms with Crippen molar-refractivity contribution in [2.24, 2.45) is 5.73 Å². The van der Waals surface area contributed by atoms with E-state index < -0.39 is 24.0 Å². The molecule has 0 aliphatic carbocycles. The van der Waals surface area contributed by atoms with E-state index in [1.165, 1.54) is 13.8 Å². The summed E-state index contributed by atoms with van der Waals surface area (Å²) in [6, 6.07) is -1.72. The molecular formula is C12H23N3O4. The molecule has 0 aromatic carbocycles. The van der Waals surface area contributed by atoms with Crippen LogP contribution in [0.4, 0.5) is 0 Å². The Balaban J connectivity index is 3.94. The number of carboxylic acids is 1. The number of aliphatic carboxylic acids is 1. The predicted octanol–water partition coefficient (Wildman–Crippen LogP) is -0.400. The second-order valence-electron chi connectivity index (χ2n) is 4.46. The maximum Gasteiger partial charge on any atom is 0.325 e. The summed E-state index contributed by atoms with van der Waals surface area (Å²) in [5.74, 6) is -1.85. The molecule has 19 heavy (non-hydrogen) atoms. The summed E-state index contributed by atoms with van der Waals surface area (Å²) in [5.41, 5.74) is 5.34. The van der Waals surface area contributed by atoms with Crippen LogP contribution in [0.3, 0.4) is 0 Å². The summed E-state index contributed by atoms with van der Waals surface area (Å²) in [4.78, 5) is 33.6. The molecule has 0 fully saturated rings.